The molecule has 1 aromatic heterocycles. The highest BCUT2D eigenvalue weighted by Crippen LogP contribution is 2.77. The van der Waals surface area contributed by atoms with Gasteiger partial charge in [0.15, 0.2) is 5.78 Å². The van der Waals surface area contributed by atoms with Crippen molar-refractivity contribution in [3.63, 3.8) is 0 Å². The minimum atomic E-state index is -1.17. The third-order valence-electron chi connectivity index (χ3n) is 15.8. The van der Waals surface area contributed by atoms with Crippen LogP contribution in [-0.2, 0) is 25.7 Å². The zero-order valence-corrected chi connectivity index (χ0v) is 32.6. The molecule has 3 N–H and O–H groups in total. The molecule has 0 bridgehead atoms. The molecule has 0 saturated heterocycles. The summed E-state index contributed by atoms with van der Waals surface area (Å²) < 4.78 is 6.16. The van der Waals surface area contributed by atoms with Crippen LogP contribution in [0.1, 0.15) is 132 Å². The summed E-state index contributed by atoms with van der Waals surface area (Å²) in [6.07, 6.45) is 12.2. The maximum absolute atomic E-state index is 14.0. The van der Waals surface area contributed by atoms with Gasteiger partial charge in [0.25, 0.3) is 0 Å². The van der Waals surface area contributed by atoms with Gasteiger partial charge in [0.1, 0.15) is 12.4 Å². The molecule has 51 heavy (non-hydrogen) atoms. The lowest BCUT2D eigenvalue weighted by molar-refractivity contribution is -0.235. The Morgan fingerprint density at radius 3 is 2.29 bits per heavy atom. The molecule has 6 rings (SSSR count). The number of hydrogen-bond acceptors (Lipinski definition) is 8. The number of nitrogens with one attached hydrogen (secondary N) is 1. The smallest absolute Gasteiger partial charge is 0.309 e. The molecule has 0 aliphatic heterocycles. The van der Waals surface area contributed by atoms with Gasteiger partial charge >= 0.3 is 11.9 Å². The third kappa shape index (κ3) is 5.91. The standard InChI is InChI=1S/C42H63N3O6/c1-25(2)34-28(46)18-42(31(47)23-43-20-26-21-44-24-45-22-26)17-16-40(8)27(35(34)42)10-11-30-39(7)14-13-32(51-33(48)19-37(3,4)36(49)50)38(5,6)29(39)12-15-41(30,40)9/h21-22,24-25,27,29-32,43,47H,10-20,23H2,1-9H3,(H,49,50)/t27-,29+,30-,31+,32+,39+,40-,41-,42+/m1/s1. The number of carboxylic acid groups (broad SMARTS) is 1. The number of ketones is 1. The number of Topliss-reactive ketones (excluding diaryl/α,β-unsaturated/α-hetero) is 1. The van der Waals surface area contributed by atoms with Crippen LogP contribution < -0.4 is 5.32 Å². The fourth-order valence-corrected chi connectivity index (χ4v) is 12.9. The zero-order valence-electron chi connectivity index (χ0n) is 32.6. The molecular weight excluding hydrogens is 642 g/mol. The molecule has 282 valence electrons. The number of fused-ring (bicyclic) bond motifs is 7. The SMILES string of the molecule is CC(C)C1=C2[C@H]3CC[C@@H]4[C@@]5(C)CC[C@H](OC(=O)CC(C)(C)C(=O)O)C(C)(C)[C@@H]5CC[C@@]4(C)[C@]3(C)CC[C@@]2([C@@H](O)CNCc2cncnc2)CC1=O. The van der Waals surface area contributed by atoms with Gasteiger partial charge in [-0.3, -0.25) is 14.4 Å². The number of aromatic nitrogens is 2. The zero-order chi connectivity index (χ0) is 37.4. The number of rotatable bonds is 10. The van der Waals surface area contributed by atoms with Crippen LogP contribution in [0.3, 0.4) is 0 Å². The number of carboxylic acids is 1. The van der Waals surface area contributed by atoms with Crippen molar-refractivity contribution in [2.75, 3.05) is 6.54 Å². The van der Waals surface area contributed by atoms with Gasteiger partial charge < -0.3 is 20.3 Å². The lowest BCUT2D eigenvalue weighted by atomic mass is 9.33. The van der Waals surface area contributed by atoms with E-state index in [2.05, 4.69) is 63.8 Å². The molecule has 0 spiro atoms. The van der Waals surface area contributed by atoms with E-state index in [0.29, 0.717) is 31.3 Å². The Hall–Kier alpha value is -2.65. The van der Waals surface area contributed by atoms with Crippen LogP contribution in [0.15, 0.2) is 29.9 Å². The van der Waals surface area contributed by atoms with Crippen LogP contribution in [0.2, 0.25) is 0 Å². The van der Waals surface area contributed by atoms with Crippen molar-refractivity contribution in [3.8, 4) is 0 Å². The quantitative estimate of drug-likeness (QED) is 0.214. The molecule has 0 aromatic carbocycles. The number of aliphatic carboxylic acids is 1. The topological polar surface area (TPSA) is 139 Å². The van der Waals surface area contributed by atoms with Crippen LogP contribution in [0.25, 0.3) is 0 Å². The first kappa shape index (κ1) is 38.1. The molecule has 9 heteroatoms. The minimum Gasteiger partial charge on any atom is -0.481 e. The van der Waals surface area contributed by atoms with Gasteiger partial charge in [0, 0.05) is 48.3 Å². The fourth-order valence-electron chi connectivity index (χ4n) is 12.9. The van der Waals surface area contributed by atoms with Crippen molar-refractivity contribution in [1.29, 1.82) is 0 Å². The van der Waals surface area contributed by atoms with E-state index in [0.717, 1.165) is 62.5 Å². The van der Waals surface area contributed by atoms with Gasteiger partial charge in [0.05, 0.1) is 17.9 Å². The maximum Gasteiger partial charge on any atom is 0.309 e. The second-order valence-electron chi connectivity index (χ2n) is 19.5. The maximum atomic E-state index is 14.0. The monoisotopic (exact) mass is 705 g/mol. The molecule has 0 unspecified atom stereocenters. The van der Waals surface area contributed by atoms with Crippen LogP contribution >= 0.6 is 0 Å². The molecule has 0 radical (unpaired) electrons. The Kier molecular flexibility index (Phi) is 9.73. The second-order valence-corrected chi connectivity index (χ2v) is 19.5. The minimum absolute atomic E-state index is 0.0160. The van der Waals surface area contributed by atoms with Gasteiger partial charge in [-0.25, -0.2) is 9.97 Å². The molecule has 9 nitrogen and oxygen atoms in total. The van der Waals surface area contributed by atoms with Crippen LogP contribution in [0.4, 0.5) is 0 Å². The molecule has 4 fully saturated rings. The van der Waals surface area contributed by atoms with E-state index in [4.69, 9.17) is 4.74 Å². The summed E-state index contributed by atoms with van der Waals surface area (Å²) in [5.74, 6) is 0.0204. The molecule has 0 amide bonds. The van der Waals surface area contributed by atoms with E-state index in [1.165, 1.54) is 11.9 Å². The largest absolute Gasteiger partial charge is 0.481 e. The average molecular weight is 706 g/mol. The van der Waals surface area contributed by atoms with E-state index in [9.17, 15) is 24.6 Å². The molecule has 1 aromatic rings. The Morgan fingerprint density at radius 1 is 0.961 bits per heavy atom. The Morgan fingerprint density at radius 2 is 1.65 bits per heavy atom. The van der Waals surface area contributed by atoms with E-state index < -0.39 is 28.9 Å². The summed E-state index contributed by atoms with van der Waals surface area (Å²) in [7, 11) is 0. The summed E-state index contributed by atoms with van der Waals surface area (Å²) in [4.78, 5) is 47.0. The number of ether oxygens (including phenoxy) is 1. The second kappa shape index (κ2) is 13.0. The van der Waals surface area contributed by atoms with Crippen LogP contribution in [0, 0.1) is 56.2 Å². The Balaban J connectivity index is 1.26. The van der Waals surface area contributed by atoms with Gasteiger partial charge in [-0.15, -0.1) is 0 Å². The first-order valence-corrected chi connectivity index (χ1v) is 19.6. The van der Waals surface area contributed by atoms with E-state index in [-0.39, 0.29) is 51.8 Å². The highest BCUT2D eigenvalue weighted by Gasteiger charge is 2.70. The van der Waals surface area contributed by atoms with Crippen LogP contribution in [-0.4, -0.2) is 56.7 Å². The van der Waals surface area contributed by atoms with Crippen molar-refractivity contribution >= 4 is 17.7 Å². The van der Waals surface area contributed by atoms with E-state index >= 15 is 0 Å². The lowest BCUT2D eigenvalue weighted by Gasteiger charge is -2.72. The molecule has 1 heterocycles. The van der Waals surface area contributed by atoms with Crippen molar-refractivity contribution in [3.05, 3.63) is 35.4 Å². The normalized spacial score (nSPS) is 38.0. The number of allylic oxidation sites excluding steroid dienone is 1. The summed E-state index contributed by atoms with van der Waals surface area (Å²) in [6.45, 7) is 20.6. The highest BCUT2D eigenvalue weighted by atomic mass is 16.5. The van der Waals surface area contributed by atoms with Gasteiger partial charge in [-0.1, -0.05) is 54.0 Å². The van der Waals surface area contributed by atoms with E-state index in [1.54, 1.807) is 26.2 Å². The lowest BCUT2D eigenvalue weighted by Crippen LogP contribution is -2.66. The average Bonchev–Trinajstić information content (AvgIpc) is 3.36. The first-order valence-electron chi connectivity index (χ1n) is 19.6. The summed E-state index contributed by atoms with van der Waals surface area (Å²) >= 11 is 0. The number of aliphatic hydroxyl groups is 1. The molecule has 4 saturated carbocycles. The molecule has 5 aliphatic rings. The van der Waals surface area contributed by atoms with Crippen molar-refractivity contribution in [1.82, 2.24) is 15.3 Å². The van der Waals surface area contributed by atoms with Gasteiger partial charge in [-0.2, -0.15) is 0 Å². The fraction of sp³-hybridized carbons (Fsp3) is 0.786. The number of hydrogen-bond donors (Lipinski definition) is 3. The summed E-state index contributed by atoms with van der Waals surface area (Å²) in [5, 5.41) is 25.1. The number of carbonyl (C=O) groups is 3. The number of carbonyl (C=O) groups excluding carboxylic acids is 2. The molecule has 5 aliphatic carbocycles. The molecular formula is C42H63N3O6. The predicted octanol–water partition coefficient (Wildman–Crippen LogP) is 7.32. The van der Waals surface area contributed by atoms with Crippen LogP contribution in [0.5, 0.6) is 0 Å². The summed E-state index contributed by atoms with van der Waals surface area (Å²) in [5.41, 5.74) is 1.38. The van der Waals surface area contributed by atoms with Crippen molar-refractivity contribution in [2.45, 2.75) is 145 Å². The first-order chi connectivity index (χ1) is 23.7. The predicted molar refractivity (Wildman–Crippen MR) is 195 cm³/mol. The Labute approximate surface area is 305 Å². The van der Waals surface area contributed by atoms with Gasteiger partial charge in [-0.05, 0) is 111 Å². The van der Waals surface area contributed by atoms with Crippen molar-refractivity contribution in [2.24, 2.45) is 56.2 Å². The van der Waals surface area contributed by atoms with Crippen molar-refractivity contribution < 1.29 is 29.3 Å². The van der Waals surface area contributed by atoms with Gasteiger partial charge in [0.2, 0.25) is 0 Å². The molecule has 9 atom stereocenters. The third-order valence-corrected chi connectivity index (χ3v) is 15.8. The Bertz CT molecular complexity index is 1570. The number of esters is 1. The highest BCUT2D eigenvalue weighted by molar-refractivity contribution is 6.00. The number of aliphatic hydroxyl groups excluding tert-OH is 1. The number of nitrogens with zero attached hydrogens (tertiary/aromatic N) is 2. The summed E-state index contributed by atoms with van der Waals surface area (Å²) in [6, 6.07) is 0. The van der Waals surface area contributed by atoms with E-state index in [1.807, 2.05) is 0 Å².